The summed E-state index contributed by atoms with van der Waals surface area (Å²) >= 11 is 0. The Hall–Kier alpha value is -1.79. The Morgan fingerprint density at radius 2 is 2.09 bits per heavy atom. The number of likely N-dealkylation sites (tertiary alicyclic amines) is 1. The van der Waals surface area contributed by atoms with Crippen LogP contribution in [0, 0.1) is 0 Å². The highest BCUT2D eigenvalue weighted by Crippen LogP contribution is 2.22. The van der Waals surface area contributed by atoms with Crippen molar-refractivity contribution in [3.63, 3.8) is 0 Å². The maximum absolute atomic E-state index is 11.8. The number of anilines is 1. The minimum absolute atomic E-state index is 0.0121. The minimum Gasteiger partial charge on any atom is -0.378 e. The Morgan fingerprint density at radius 1 is 1.35 bits per heavy atom. The molecule has 0 aliphatic carbocycles. The van der Waals surface area contributed by atoms with Gasteiger partial charge in [-0.05, 0) is 18.6 Å². The Bertz CT molecular complexity index is 521. The number of nitrogens with one attached hydrogen (secondary N) is 2. The number of ether oxygens (including phenoxy) is 1. The van der Waals surface area contributed by atoms with Gasteiger partial charge in [-0.25, -0.2) is 4.79 Å². The van der Waals surface area contributed by atoms with Gasteiger partial charge in [-0.15, -0.1) is 0 Å². The van der Waals surface area contributed by atoms with Gasteiger partial charge in [0.2, 0.25) is 0 Å². The van der Waals surface area contributed by atoms with E-state index in [0.29, 0.717) is 6.54 Å². The van der Waals surface area contributed by atoms with Gasteiger partial charge in [-0.1, -0.05) is 18.2 Å². The third-order valence-corrected chi connectivity index (χ3v) is 4.17. The van der Waals surface area contributed by atoms with Crippen LogP contribution in [0.3, 0.4) is 0 Å². The first-order chi connectivity index (χ1) is 11.0. The smallest absolute Gasteiger partial charge is 0.315 e. The zero-order valence-corrected chi connectivity index (χ0v) is 14.5. The number of benzene rings is 1. The summed E-state index contributed by atoms with van der Waals surface area (Å²) in [5.41, 5.74) is 2.51. The summed E-state index contributed by atoms with van der Waals surface area (Å²) in [5.74, 6) is 0. The molecule has 2 atom stereocenters. The fourth-order valence-corrected chi connectivity index (χ4v) is 3.06. The summed E-state index contributed by atoms with van der Waals surface area (Å²) in [5, 5.41) is 5.78. The van der Waals surface area contributed by atoms with Crippen molar-refractivity contribution in [1.82, 2.24) is 15.5 Å². The van der Waals surface area contributed by atoms with Gasteiger partial charge in [0.05, 0.1) is 12.1 Å². The second-order valence-electron chi connectivity index (χ2n) is 6.10. The van der Waals surface area contributed by atoms with E-state index < -0.39 is 0 Å². The minimum atomic E-state index is -0.130. The van der Waals surface area contributed by atoms with Crippen molar-refractivity contribution in [2.24, 2.45) is 0 Å². The van der Waals surface area contributed by atoms with E-state index in [4.69, 9.17) is 4.74 Å². The molecule has 2 rings (SSSR count). The molecule has 0 unspecified atom stereocenters. The normalized spacial score (nSPS) is 21.2. The van der Waals surface area contributed by atoms with E-state index >= 15 is 0 Å². The monoisotopic (exact) mass is 320 g/mol. The highest BCUT2D eigenvalue weighted by Gasteiger charge is 2.34. The molecule has 2 N–H and O–H groups in total. The second kappa shape index (κ2) is 8.17. The van der Waals surface area contributed by atoms with Gasteiger partial charge in [0.25, 0.3) is 0 Å². The summed E-state index contributed by atoms with van der Waals surface area (Å²) in [6.07, 6.45) is 0.0177. The van der Waals surface area contributed by atoms with Crippen molar-refractivity contribution >= 4 is 11.7 Å². The second-order valence-corrected chi connectivity index (χ2v) is 6.10. The largest absolute Gasteiger partial charge is 0.378 e. The lowest BCUT2D eigenvalue weighted by molar-refractivity contribution is 0.0911. The molecule has 128 valence electrons. The highest BCUT2D eigenvalue weighted by atomic mass is 16.5. The average Bonchev–Trinajstić information content (AvgIpc) is 2.89. The topological polar surface area (TPSA) is 56.8 Å². The molecule has 1 aliphatic rings. The van der Waals surface area contributed by atoms with E-state index in [0.717, 1.165) is 19.6 Å². The molecule has 1 aromatic carbocycles. The molecule has 1 fully saturated rings. The maximum atomic E-state index is 11.8. The van der Waals surface area contributed by atoms with Crippen molar-refractivity contribution in [2.45, 2.75) is 25.6 Å². The quantitative estimate of drug-likeness (QED) is 0.829. The predicted octanol–water partition coefficient (Wildman–Crippen LogP) is 1.27. The van der Waals surface area contributed by atoms with E-state index in [1.165, 1.54) is 11.3 Å². The van der Waals surface area contributed by atoms with Crippen molar-refractivity contribution < 1.29 is 9.53 Å². The van der Waals surface area contributed by atoms with Gasteiger partial charge in [0.15, 0.2) is 0 Å². The van der Waals surface area contributed by atoms with Gasteiger partial charge in [0.1, 0.15) is 0 Å². The number of amides is 2. The van der Waals surface area contributed by atoms with Crippen LogP contribution in [0.1, 0.15) is 12.5 Å². The van der Waals surface area contributed by atoms with Gasteiger partial charge in [0, 0.05) is 53.1 Å². The van der Waals surface area contributed by atoms with Crippen LogP contribution >= 0.6 is 0 Å². The molecule has 1 aromatic rings. The highest BCUT2D eigenvalue weighted by molar-refractivity contribution is 5.74. The van der Waals surface area contributed by atoms with E-state index in [1.54, 1.807) is 7.11 Å². The molecule has 0 saturated carbocycles. The van der Waals surface area contributed by atoms with E-state index in [-0.39, 0.29) is 18.2 Å². The van der Waals surface area contributed by atoms with Gasteiger partial charge >= 0.3 is 6.03 Å². The molecule has 0 bridgehead atoms. The van der Waals surface area contributed by atoms with Gasteiger partial charge < -0.3 is 20.3 Å². The Kier molecular flexibility index (Phi) is 6.24. The molecular weight excluding hydrogens is 292 g/mol. The standard InChI is InChI=1S/C17H28N4O2/c1-5-18-17(22)19-14-11-21(12-16(14)23-4)10-13-8-6-7-9-15(13)20(2)3/h6-9,14,16H,5,10-12H2,1-4H3,(H2,18,19,22)/t14-,16+/m1/s1. The fraction of sp³-hybridized carbons (Fsp3) is 0.588. The number of para-hydroxylation sites is 1. The zero-order chi connectivity index (χ0) is 16.8. The molecule has 6 heteroatoms. The van der Waals surface area contributed by atoms with Crippen LogP contribution in [-0.4, -0.2) is 63.9 Å². The van der Waals surface area contributed by atoms with Crippen LogP contribution in [0.2, 0.25) is 0 Å². The third-order valence-electron chi connectivity index (χ3n) is 4.17. The first-order valence-electron chi connectivity index (χ1n) is 8.09. The number of nitrogens with zero attached hydrogens (tertiary/aromatic N) is 2. The lowest BCUT2D eigenvalue weighted by Gasteiger charge is -2.21. The van der Waals surface area contributed by atoms with Crippen LogP contribution in [-0.2, 0) is 11.3 Å². The first-order valence-corrected chi connectivity index (χ1v) is 8.09. The Morgan fingerprint density at radius 3 is 2.74 bits per heavy atom. The molecule has 0 radical (unpaired) electrons. The molecule has 1 saturated heterocycles. The summed E-state index contributed by atoms with van der Waals surface area (Å²) in [6, 6.07) is 8.29. The molecule has 23 heavy (non-hydrogen) atoms. The van der Waals surface area contributed by atoms with Gasteiger partial charge in [-0.2, -0.15) is 0 Å². The fourth-order valence-electron chi connectivity index (χ4n) is 3.06. The number of hydrogen-bond acceptors (Lipinski definition) is 4. The summed E-state index contributed by atoms with van der Waals surface area (Å²) in [4.78, 5) is 16.2. The van der Waals surface area contributed by atoms with Crippen LogP contribution < -0.4 is 15.5 Å². The lowest BCUT2D eigenvalue weighted by atomic mass is 10.1. The van der Waals surface area contributed by atoms with Crippen molar-refractivity contribution in [2.75, 3.05) is 45.7 Å². The SMILES string of the molecule is CCNC(=O)N[C@@H]1CN(Cc2ccccc2N(C)C)C[C@@H]1OC. The third kappa shape index (κ3) is 4.59. The number of hydrogen-bond donors (Lipinski definition) is 2. The summed E-state index contributed by atoms with van der Waals surface area (Å²) in [7, 11) is 5.81. The first kappa shape index (κ1) is 17.6. The number of carbonyl (C=O) groups excluding carboxylic acids is 1. The molecule has 0 spiro atoms. The van der Waals surface area contributed by atoms with Gasteiger partial charge in [-0.3, -0.25) is 4.90 Å². The molecular formula is C17H28N4O2. The molecule has 6 nitrogen and oxygen atoms in total. The van der Waals surface area contributed by atoms with Crippen molar-refractivity contribution in [3.05, 3.63) is 29.8 Å². The lowest BCUT2D eigenvalue weighted by Crippen LogP contribution is -2.47. The summed E-state index contributed by atoms with van der Waals surface area (Å²) in [6.45, 7) is 4.98. The maximum Gasteiger partial charge on any atom is 0.315 e. The van der Waals surface area contributed by atoms with E-state index in [9.17, 15) is 4.79 Å². The number of carbonyl (C=O) groups is 1. The Balaban J connectivity index is 2.01. The number of methoxy groups -OCH3 is 1. The Labute approximate surface area is 138 Å². The number of urea groups is 1. The van der Waals surface area contributed by atoms with Crippen molar-refractivity contribution in [1.29, 1.82) is 0 Å². The van der Waals surface area contributed by atoms with Crippen LogP contribution in [0.5, 0.6) is 0 Å². The summed E-state index contributed by atoms with van der Waals surface area (Å²) < 4.78 is 5.55. The predicted molar refractivity (Wildman–Crippen MR) is 92.8 cm³/mol. The van der Waals surface area contributed by atoms with Crippen LogP contribution in [0.4, 0.5) is 10.5 Å². The van der Waals surface area contributed by atoms with E-state index in [1.807, 2.05) is 6.92 Å². The van der Waals surface area contributed by atoms with Crippen LogP contribution in [0.15, 0.2) is 24.3 Å². The molecule has 0 aromatic heterocycles. The molecule has 1 heterocycles. The zero-order valence-electron chi connectivity index (χ0n) is 14.5. The molecule has 1 aliphatic heterocycles. The van der Waals surface area contributed by atoms with E-state index in [2.05, 4.69) is 58.8 Å². The van der Waals surface area contributed by atoms with Crippen LogP contribution in [0.25, 0.3) is 0 Å². The average molecular weight is 320 g/mol. The molecule has 2 amide bonds. The number of rotatable bonds is 6. The van der Waals surface area contributed by atoms with Crippen molar-refractivity contribution in [3.8, 4) is 0 Å².